The van der Waals surface area contributed by atoms with Gasteiger partial charge in [-0.05, 0) is 30.0 Å². The molecule has 1 amide bonds. The number of carboxylic acid groups (broad SMARTS) is 1. The molecule has 0 aliphatic rings. The summed E-state index contributed by atoms with van der Waals surface area (Å²) in [4.78, 5) is 23.7. The molecule has 0 aromatic carbocycles. The van der Waals surface area contributed by atoms with Gasteiger partial charge in [0.05, 0.1) is 6.26 Å². The van der Waals surface area contributed by atoms with Crippen LogP contribution < -0.4 is 5.32 Å². The van der Waals surface area contributed by atoms with Crippen molar-refractivity contribution < 1.29 is 19.1 Å². The second-order valence-electron chi connectivity index (χ2n) is 3.72. The van der Waals surface area contributed by atoms with Crippen molar-refractivity contribution in [1.29, 1.82) is 0 Å². The molecule has 18 heavy (non-hydrogen) atoms. The van der Waals surface area contributed by atoms with Crippen LogP contribution in [0.4, 0.5) is 0 Å². The Morgan fingerprint density at radius 1 is 1.50 bits per heavy atom. The summed E-state index contributed by atoms with van der Waals surface area (Å²) in [7, 11) is 0. The van der Waals surface area contributed by atoms with Crippen molar-refractivity contribution in [3.05, 3.63) is 45.5 Å². The number of nitrogens with one attached hydrogen (secondary N) is 1. The Bertz CT molecular complexity index is 584. The highest BCUT2D eigenvalue weighted by atomic mass is 32.1. The molecule has 0 fully saturated rings. The number of furan rings is 1. The fraction of sp³-hybridized carbons (Fsp3) is 0.167. The molecule has 94 valence electrons. The lowest BCUT2D eigenvalue weighted by atomic mass is 10.2. The lowest BCUT2D eigenvalue weighted by Gasteiger charge is -2.02. The molecule has 6 heteroatoms. The van der Waals surface area contributed by atoms with Crippen LogP contribution in [0.5, 0.6) is 0 Å². The summed E-state index contributed by atoms with van der Waals surface area (Å²) in [5.41, 5.74) is 0.850. The summed E-state index contributed by atoms with van der Waals surface area (Å²) in [6.07, 6.45) is 1.19. The highest BCUT2D eigenvalue weighted by molar-refractivity contribution is 7.10. The number of amides is 1. The average molecular weight is 265 g/mol. The Balaban J connectivity index is 2.04. The van der Waals surface area contributed by atoms with Crippen LogP contribution in [-0.2, 0) is 6.54 Å². The standard InChI is InChI=1S/C12H11NO4S/c1-7-4-8(6-18-7)5-13-11(14)10-9(12(15)16)2-3-17-10/h2-4,6H,5H2,1H3,(H,13,14)(H,15,16). The van der Waals surface area contributed by atoms with Gasteiger partial charge in [0.2, 0.25) is 5.76 Å². The van der Waals surface area contributed by atoms with Crippen molar-refractivity contribution in [3.8, 4) is 0 Å². The molecular weight excluding hydrogens is 254 g/mol. The SMILES string of the molecule is Cc1cc(CNC(=O)c2occc2C(=O)O)cs1. The summed E-state index contributed by atoms with van der Waals surface area (Å²) in [5.74, 6) is -1.88. The lowest BCUT2D eigenvalue weighted by Crippen LogP contribution is -2.23. The predicted octanol–water partition coefficient (Wildman–Crippen LogP) is 2.28. The first-order valence-corrected chi connectivity index (χ1v) is 6.09. The van der Waals surface area contributed by atoms with Crippen LogP contribution in [0.1, 0.15) is 31.4 Å². The maximum absolute atomic E-state index is 11.7. The molecule has 0 bridgehead atoms. The van der Waals surface area contributed by atoms with Crippen molar-refractivity contribution in [2.75, 3.05) is 0 Å². The molecule has 2 N–H and O–H groups in total. The highest BCUT2D eigenvalue weighted by Crippen LogP contribution is 2.14. The number of aromatic carboxylic acids is 1. The zero-order chi connectivity index (χ0) is 13.1. The van der Waals surface area contributed by atoms with Crippen molar-refractivity contribution in [2.24, 2.45) is 0 Å². The van der Waals surface area contributed by atoms with Crippen LogP contribution in [0.25, 0.3) is 0 Å². The first-order chi connectivity index (χ1) is 8.58. The predicted molar refractivity (Wildman–Crippen MR) is 65.9 cm³/mol. The first-order valence-electron chi connectivity index (χ1n) is 5.21. The van der Waals surface area contributed by atoms with Crippen LogP contribution in [0.2, 0.25) is 0 Å². The third-order valence-electron chi connectivity index (χ3n) is 2.34. The Kier molecular flexibility index (Phi) is 3.47. The number of rotatable bonds is 4. The number of hydrogen-bond acceptors (Lipinski definition) is 4. The van der Waals surface area contributed by atoms with Crippen molar-refractivity contribution in [2.45, 2.75) is 13.5 Å². The van der Waals surface area contributed by atoms with E-state index in [9.17, 15) is 9.59 Å². The topological polar surface area (TPSA) is 79.5 Å². The van der Waals surface area contributed by atoms with Gasteiger partial charge in [0.1, 0.15) is 5.56 Å². The van der Waals surface area contributed by atoms with E-state index >= 15 is 0 Å². The van der Waals surface area contributed by atoms with E-state index in [2.05, 4.69) is 5.32 Å². The number of carbonyl (C=O) groups is 2. The molecule has 2 aromatic heterocycles. The van der Waals surface area contributed by atoms with E-state index in [0.717, 1.165) is 10.4 Å². The van der Waals surface area contributed by atoms with E-state index in [-0.39, 0.29) is 11.3 Å². The van der Waals surface area contributed by atoms with Crippen molar-refractivity contribution in [1.82, 2.24) is 5.32 Å². The van der Waals surface area contributed by atoms with Gasteiger partial charge in [0, 0.05) is 11.4 Å². The van der Waals surface area contributed by atoms with Crippen LogP contribution in [0.3, 0.4) is 0 Å². The molecule has 2 aromatic rings. The minimum absolute atomic E-state index is 0.131. The molecule has 0 aliphatic carbocycles. The summed E-state index contributed by atoms with van der Waals surface area (Å²) < 4.78 is 4.89. The maximum Gasteiger partial charge on any atom is 0.339 e. The Labute approximate surface area is 107 Å². The quantitative estimate of drug-likeness (QED) is 0.888. The fourth-order valence-corrected chi connectivity index (χ4v) is 2.21. The third-order valence-corrected chi connectivity index (χ3v) is 3.25. The van der Waals surface area contributed by atoms with Gasteiger partial charge in [-0.25, -0.2) is 4.79 Å². The highest BCUT2D eigenvalue weighted by Gasteiger charge is 2.19. The minimum Gasteiger partial charge on any atom is -0.478 e. The molecule has 0 unspecified atom stereocenters. The van der Waals surface area contributed by atoms with E-state index in [0.29, 0.717) is 6.54 Å². The van der Waals surface area contributed by atoms with Crippen molar-refractivity contribution >= 4 is 23.2 Å². The molecule has 5 nitrogen and oxygen atoms in total. The van der Waals surface area contributed by atoms with E-state index < -0.39 is 11.9 Å². The monoisotopic (exact) mass is 265 g/mol. The smallest absolute Gasteiger partial charge is 0.339 e. The minimum atomic E-state index is -1.18. The summed E-state index contributed by atoms with van der Waals surface area (Å²) in [6.45, 7) is 2.33. The van der Waals surface area contributed by atoms with Gasteiger partial charge in [0.15, 0.2) is 0 Å². The second-order valence-corrected chi connectivity index (χ2v) is 4.83. The number of hydrogen-bond donors (Lipinski definition) is 2. The normalized spacial score (nSPS) is 10.3. The Morgan fingerprint density at radius 2 is 2.28 bits per heavy atom. The lowest BCUT2D eigenvalue weighted by molar-refractivity contribution is 0.0688. The molecule has 0 saturated heterocycles. The van der Waals surface area contributed by atoms with Gasteiger partial charge in [-0.2, -0.15) is 0 Å². The number of thiophene rings is 1. The van der Waals surface area contributed by atoms with Gasteiger partial charge < -0.3 is 14.8 Å². The number of carboxylic acids is 1. The van der Waals surface area contributed by atoms with E-state index in [1.54, 1.807) is 11.3 Å². The second kappa shape index (κ2) is 5.05. The van der Waals surface area contributed by atoms with Gasteiger partial charge >= 0.3 is 5.97 Å². The first kappa shape index (κ1) is 12.4. The molecule has 0 saturated carbocycles. The Hall–Kier alpha value is -2.08. The molecule has 2 heterocycles. The van der Waals surface area contributed by atoms with Gasteiger partial charge in [-0.15, -0.1) is 11.3 Å². The zero-order valence-corrected chi connectivity index (χ0v) is 10.4. The van der Waals surface area contributed by atoms with Crippen LogP contribution in [0.15, 0.2) is 28.2 Å². The maximum atomic E-state index is 11.7. The third kappa shape index (κ3) is 2.60. The molecule has 2 rings (SSSR count). The molecule has 0 aliphatic heterocycles. The van der Waals surface area contributed by atoms with Crippen molar-refractivity contribution in [3.63, 3.8) is 0 Å². The largest absolute Gasteiger partial charge is 0.478 e. The summed E-state index contributed by atoms with van der Waals surface area (Å²) >= 11 is 1.59. The zero-order valence-electron chi connectivity index (χ0n) is 9.60. The van der Waals surface area contributed by atoms with Crippen LogP contribution in [-0.4, -0.2) is 17.0 Å². The summed E-state index contributed by atoms with van der Waals surface area (Å²) in [6, 6.07) is 3.22. The Morgan fingerprint density at radius 3 is 2.89 bits per heavy atom. The van der Waals surface area contributed by atoms with Crippen LogP contribution >= 0.6 is 11.3 Å². The van der Waals surface area contributed by atoms with E-state index in [1.165, 1.54) is 12.3 Å². The van der Waals surface area contributed by atoms with Gasteiger partial charge in [-0.3, -0.25) is 4.79 Å². The fourth-order valence-electron chi connectivity index (χ4n) is 1.51. The van der Waals surface area contributed by atoms with Crippen LogP contribution in [0, 0.1) is 6.92 Å². The molecular formula is C12H11NO4S. The number of aryl methyl sites for hydroxylation is 1. The van der Waals surface area contributed by atoms with Gasteiger partial charge in [0.25, 0.3) is 5.91 Å². The van der Waals surface area contributed by atoms with E-state index in [4.69, 9.17) is 9.52 Å². The molecule has 0 spiro atoms. The molecule has 0 atom stereocenters. The average Bonchev–Trinajstić information content (AvgIpc) is 2.94. The van der Waals surface area contributed by atoms with E-state index in [1.807, 2.05) is 18.4 Å². The summed E-state index contributed by atoms with van der Waals surface area (Å²) in [5, 5.41) is 13.4. The molecule has 0 radical (unpaired) electrons. The van der Waals surface area contributed by atoms with Gasteiger partial charge in [-0.1, -0.05) is 0 Å². The number of carbonyl (C=O) groups excluding carboxylic acids is 1.